The molecule has 0 unspecified atom stereocenters. The molecular weight excluding hydrogens is 423 g/mol. The van der Waals surface area contributed by atoms with Crippen molar-refractivity contribution in [1.82, 2.24) is 0 Å². The minimum atomic E-state index is -0.977. The fraction of sp³-hybridized carbons (Fsp3) is 0.471. The van der Waals surface area contributed by atoms with Crippen molar-refractivity contribution in [2.75, 3.05) is 16.4 Å². The number of nitrogens with one attached hydrogen (secondary N) is 1. The predicted octanol–water partition coefficient (Wildman–Crippen LogP) is 3.55. The van der Waals surface area contributed by atoms with Crippen LogP contribution < -0.4 is 5.32 Å². The van der Waals surface area contributed by atoms with Gasteiger partial charge in [-0.2, -0.15) is 0 Å². The third kappa shape index (κ3) is 6.86. The number of carboxylic acid groups (broad SMARTS) is 1. The number of alkyl halides is 1. The van der Waals surface area contributed by atoms with Gasteiger partial charge in [-0.05, 0) is 37.1 Å². The smallest absolute Gasteiger partial charge is 0.309 e. The molecule has 0 aliphatic heterocycles. The molecule has 0 fully saturated rings. The number of hydrogen-bond donors (Lipinski definition) is 2. The molecule has 0 saturated carbocycles. The van der Waals surface area contributed by atoms with E-state index in [0.29, 0.717) is 15.8 Å². The molecule has 132 valence electrons. The number of hydrogen-bond acceptors (Lipinski definition) is 4. The van der Waals surface area contributed by atoms with Gasteiger partial charge in [-0.15, -0.1) is 0 Å². The fourth-order valence-corrected chi connectivity index (χ4v) is 2.47. The number of oxime groups is 1. The summed E-state index contributed by atoms with van der Waals surface area (Å²) in [6.07, 6.45) is -0.214. The van der Waals surface area contributed by atoms with Crippen molar-refractivity contribution in [3.8, 4) is 0 Å². The van der Waals surface area contributed by atoms with E-state index >= 15 is 0 Å². The molecule has 0 aromatic heterocycles. The summed E-state index contributed by atoms with van der Waals surface area (Å²) in [4.78, 5) is 28.0. The number of benzene rings is 1. The van der Waals surface area contributed by atoms with Crippen molar-refractivity contribution >= 4 is 45.9 Å². The van der Waals surface area contributed by atoms with Gasteiger partial charge in [-0.1, -0.05) is 47.7 Å². The first-order valence-electron chi connectivity index (χ1n) is 7.49. The Morgan fingerprint density at radius 2 is 1.83 bits per heavy atom. The van der Waals surface area contributed by atoms with Crippen LogP contribution in [0.15, 0.2) is 23.4 Å². The summed E-state index contributed by atoms with van der Waals surface area (Å²) in [6.45, 7) is 7.41. The van der Waals surface area contributed by atoms with Crippen LogP contribution in [0.5, 0.6) is 0 Å². The molecule has 1 aromatic carbocycles. The number of rotatable bonds is 8. The Morgan fingerprint density at radius 1 is 1.25 bits per heavy atom. The van der Waals surface area contributed by atoms with Crippen LogP contribution in [-0.4, -0.2) is 33.7 Å². The number of halogens is 1. The number of aliphatic carboxylic acids is 1. The Morgan fingerprint density at radius 3 is 2.33 bits per heavy atom. The van der Waals surface area contributed by atoms with Gasteiger partial charge in [0.2, 0.25) is 0 Å². The molecule has 0 atom stereocenters. The molecule has 0 spiro atoms. The molecule has 1 rings (SSSR count). The van der Waals surface area contributed by atoms with Crippen molar-refractivity contribution in [2.24, 2.45) is 10.6 Å². The summed E-state index contributed by atoms with van der Waals surface area (Å²) in [5, 5.41) is 15.6. The minimum absolute atomic E-state index is 0.214. The van der Waals surface area contributed by atoms with Crippen LogP contribution in [0.4, 0.5) is 5.69 Å². The Balaban J connectivity index is 2.68. The van der Waals surface area contributed by atoms with Crippen molar-refractivity contribution in [3.05, 3.63) is 29.3 Å². The first kappa shape index (κ1) is 20.4. The summed E-state index contributed by atoms with van der Waals surface area (Å²) >= 11 is 2.17. The highest BCUT2D eigenvalue weighted by Crippen LogP contribution is 2.23. The van der Waals surface area contributed by atoms with E-state index in [1.54, 1.807) is 0 Å². The zero-order chi connectivity index (χ0) is 18.3. The number of carbonyl (C=O) groups excluding carboxylic acids is 1. The van der Waals surface area contributed by atoms with Gasteiger partial charge < -0.3 is 15.3 Å². The van der Waals surface area contributed by atoms with Gasteiger partial charge in [-0.3, -0.25) is 9.59 Å². The molecular formula is C17H23IN2O4. The van der Waals surface area contributed by atoms with Gasteiger partial charge >= 0.3 is 5.97 Å². The second kappa shape index (κ2) is 9.00. The Kier molecular flexibility index (Phi) is 7.65. The van der Waals surface area contributed by atoms with Crippen LogP contribution in [0.1, 0.15) is 31.4 Å². The van der Waals surface area contributed by atoms with Crippen LogP contribution in [0, 0.1) is 19.3 Å². The van der Waals surface area contributed by atoms with Crippen molar-refractivity contribution < 1.29 is 19.5 Å². The van der Waals surface area contributed by atoms with E-state index in [0.717, 1.165) is 11.1 Å². The highest BCUT2D eigenvalue weighted by molar-refractivity contribution is 14.1. The number of amides is 1. The number of nitrogens with zero attached hydrogens (tertiary/aromatic N) is 1. The molecule has 7 heteroatoms. The highest BCUT2D eigenvalue weighted by Gasteiger charge is 2.26. The van der Waals surface area contributed by atoms with Crippen LogP contribution >= 0.6 is 22.6 Å². The lowest BCUT2D eigenvalue weighted by atomic mass is 9.88. The first-order valence-corrected chi connectivity index (χ1v) is 9.02. The largest absolute Gasteiger partial charge is 0.481 e. The van der Waals surface area contributed by atoms with E-state index in [1.807, 2.05) is 45.9 Å². The minimum Gasteiger partial charge on any atom is -0.481 e. The van der Waals surface area contributed by atoms with Crippen LogP contribution in [-0.2, 0) is 14.4 Å². The summed E-state index contributed by atoms with van der Waals surface area (Å²) in [5.41, 5.74) is 2.80. The number of anilines is 1. The standard InChI is InChI=1S/C17H23IN2O4/c1-11-5-12(2)7-13(6-11)19-15(21)9-24-20-14(8-16(22)23)17(3,4)10-18/h5-7H,8-10H2,1-4H3,(H,19,21)(H,22,23). The molecule has 0 aliphatic rings. The van der Waals surface area contributed by atoms with Crippen LogP contribution in [0.25, 0.3) is 0 Å². The molecule has 1 aromatic rings. The van der Waals surface area contributed by atoms with E-state index in [-0.39, 0.29) is 18.9 Å². The average Bonchev–Trinajstić information content (AvgIpc) is 2.44. The average molecular weight is 446 g/mol. The summed E-state index contributed by atoms with van der Waals surface area (Å²) in [7, 11) is 0. The highest BCUT2D eigenvalue weighted by atomic mass is 127. The quantitative estimate of drug-likeness (QED) is 0.277. The maximum atomic E-state index is 11.9. The van der Waals surface area contributed by atoms with Crippen molar-refractivity contribution in [1.29, 1.82) is 0 Å². The molecule has 1 amide bonds. The molecule has 0 heterocycles. The van der Waals surface area contributed by atoms with E-state index in [1.165, 1.54) is 0 Å². The summed E-state index contributed by atoms with van der Waals surface area (Å²) < 4.78 is 0.689. The Hall–Kier alpha value is -1.64. The van der Waals surface area contributed by atoms with E-state index < -0.39 is 11.4 Å². The monoisotopic (exact) mass is 446 g/mol. The molecule has 6 nitrogen and oxygen atoms in total. The van der Waals surface area contributed by atoms with E-state index in [2.05, 4.69) is 33.1 Å². The second-order valence-corrected chi connectivity index (χ2v) is 7.09. The molecule has 0 aliphatic carbocycles. The zero-order valence-corrected chi connectivity index (χ0v) is 16.5. The van der Waals surface area contributed by atoms with Gasteiger partial charge in [0.25, 0.3) is 5.91 Å². The topological polar surface area (TPSA) is 88.0 Å². The molecule has 0 radical (unpaired) electrons. The molecule has 24 heavy (non-hydrogen) atoms. The predicted molar refractivity (Wildman–Crippen MR) is 103 cm³/mol. The maximum absolute atomic E-state index is 11.9. The van der Waals surface area contributed by atoms with E-state index in [4.69, 9.17) is 9.94 Å². The van der Waals surface area contributed by atoms with Gasteiger partial charge in [0.15, 0.2) is 6.61 Å². The van der Waals surface area contributed by atoms with Gasteiger partial charge in [0.05, 0.1) is 12.1 Å². The van der Waals surface area contributed by atoms with Gasteiger partial charge in [-0.25, -0.2) is 0 Å². The normalized spacial score (nSPS) is 12.0. The number of carboxylic acids is 1. The third-order valence-electron chi connectivity index (χ3n) is 3.31. The van der Waals surface area contributed by atoms with Gasteiger partial charge in [0.1, 0.15) is 0 Å². The fourth-order valence-electron chi connectivity index (χ4n) is 2.03. The Bertz CT molecular complexity index is 621. The molecule has 0 bridgehead atoms. The second-order valence-electron chi connectivity index (χ2n) is 6.32. The number of carbonyl (C=O) groups is 2. The molecule has 2 N–H and O–H groups in total. The van der Waals surface area contributed by atoms with E-state index in [9.17, 15) is 9.59 Å². The Labute approximate surface area is 155 Å². The summed E-state index contributed by atoms with van der Waals surface area (Å²) in [6, 6.07) is 5.74. The lowest BCUT2D eigenvalue weighted by molar-refractivity contribution is -0.135. The third-order valence-corrected chi connectivity index (χ3v) is 5.22. The van der Waals surface area contributed by atoms with Crippen LogP contribution in [0.3, 0.4) is 0 Å². The molecule has 0 saturated heterocycles. The SMILES string of the molecule is Cc1cc(C)cc(NC(=O)CON=C(CC(=O)O)C(C)(C)CI)c1. The van der Waals surface area contributed by atoms with Crippen LogP contribution in [0.2, 0.25) is 0 Å². The number of aryl methyl sites for hydroxylation is 2. The van der Waals surface area contributed by atoms with Gasteiger partial charge in [0, 0.05) is 15.5 Å². The lowest BCUT2D eigenvalue weighted by Gasteiger charge is -2.22. The summed E-state index contributed by atoms with van der Waals surface area (Å²) in [5.74, 6) is -1.32. The van der Waals surface area contributed by atoms with Crippen molar-refractivity contribution in [2.45, 2.75) is 34.1 Å². The maximum Gasteiger partial charge on any atom is 0.309 e. The lowest BCUT2D eigenvalue weighted by Crippen LogP contribution is -2.29. The van der Waals surface area contributed by atoms with Crippen molar-refractivity contribution in [3.63, 3.8) is 0 Å². The zero-order valence-electron chi connectivity index (χ0n) is 14.4. The first-order chi connectivity index (χ1) is 11.1.